The Morgan fingerprint density at radius 3 is 2.86 bits per heavy atom. The zero-order valence-electron chi connectivity index (χ0n) is 8.05. The smallest absolute Gasteiger partial charge is 0.188 e. The van der Waals surface area contributed by atoms with Crippen LogP contribution in [0, 0.1) is 0 Å². The molecular weight excluding hydrogens is 264 g/mol. The Balaban J connectivity index is 1.95. The van der Waals surface area contributed by atoms with Gasteiger partial charge in [-0.25, -0.2) is 0 Å². The van der Waals surface area contributed by atoms with Gasteiger partial charge < -0.3 is 9.84 Å². The van der Waals surface area contributed by atoms with Crippen LogP contribution in [0.5, 0.6) is 5.06 Å². The van der Waals surface area contributed by atoms with E-state index >= 15 is 0 Å². The first kappa shape index (κ1) is 10.5. The van der Waals surface area contributed by atoms with Crippen molar-refractivity contribution >= 4 is 27.3 Å². The summed E-state index contributed by atoms with van der Waals surface area (Å²) in [7, 11) is 1.68. The minimum absolute atomic E-state index is 0.344. The molecule has 1 N–H and O–H groups in total. The molecule has 14 heavy (non-hydrogen) atoms. The highest BCUT2D eigenvalue weighted by Crippen LogP contribution is 2.41. The van der Waals surface area contributed by atoms with Gasteiger partial charge in [0.2, 0.25) is 0 Å². The SMILES string of the molecule is COc1sc(CCC2(O)CC2)cc1Br. The molecule has 1 aromatic heterocycles. The minimum Gasteiger partial charge on any atom is -0.486 e. The molecule has 1 aromatic rings. The second-order valence-corrected chi connectivity index (χ2v) is 5.73. The van der Waals surface area contributed by atoms with Gasteiger partial charge in [-0.2, -0.15) is 0 Å². The molecule has 0 aliphatic heterocycles. The average molecular weight is 277 g/mol. The third-order valence-corrected chi connectivity index (χ3v) is 4.56. The summed E-state index contributed by atoms with van der Waals surface area (Å²) in [6, 6.07) is 2.08. The van der Waals surface area contributed by atoms with Crippen molar-refractivity contribution in [3.8, 4) is 5.06 Å². The van der Waals surface area contributed by atoms with Crippen molar-refractivity contribution in [3.63, 3.8) is 0 Å². The molecule has 0 saturated heterocycles. The second kappa shape index (κ2) is 3.83. The maximum atomic E-state index is 9.69. The van der Waals surface area contributed by atoms with Gasteiger partial charge in [0.15, 0.2) is 5.06 Å². The van der Waals surface area contributed by atoms with Crippen molar-refractivity contribution < 1.29 is 9.84 Å². The molecule has 0 amide bonds. The fourth-order valence-electron chi connectivity index (χ4n) is 1.41. The molecule has 2 rings (SSSR count). The van der Waals surface area contributed by atoms with E-state index in [0.717, 1.165) is 35.2 Å². The van der Waals surface area contributed by atoms with Crippen LogP contribution in [-0.2, 0) is 6.42 Å². The van der Waals surface area contributed by atoms with E-state index in [2.05, 4.69) is 22.0 Å². The number of aryl methyl sites for hydroxylation is 1. The van der Waals surface area contributed by atoms with E-state index in [-0.39, 0.29) is 5.60 Å². The molecule has 1 fully saturated rings. The molecule has 1 saturated carbocycles. The van der Waals surface area contributed by atoms with Crippen LogP contribution in [0.15, 0.2) is 10.5 Å². The van der Waals surface area contributed by atoms with Crippen molar-refractivity contribution in [2.45, 2.75) is 31.3 Å². The molecule has 0 aromatic carbocycles. The Morgan fingerprint density at radius 2 is 2.36 bits per heavy atom. The Kier molecular flexibility index (Phi) is 2.86. The average Bonchev–Trinajstić information content (AvgIpc) is 2.77. The number of thiophene rings is 1. The van der Waals surface area contributed by atoms with Crippen LogP contribution in [0.3, 0.4) is 0 Å². The minimum atomic E-state index is -0.344. The van der Waals surface area contributed by atoms with Crippen LogP contribution >= 0.6 is 27.3 Å². The van der Waals surface area contributed by atoms with Gasteiger partial charge in [-0.05, 0) is 47.7 Å². The molecule has 0 spiro atoms. The van der Waals surface area contributed by atoms with Gasteiger partial charge >= 0.3 is 0 Å². The summed E-state index contributed by atoms with van der Waals surface area (Å²) >= 11 is 5.08. The molecule has 1 aliphatic rings. The van der Waals surface area contributed by atoms with Gasteiger partial charge in [-0.1, -0.05) is 0 Å². The molecule has 0 bridgehead atoms. The van der Waals surface area contributed by atoms with Gasteiger partial charge in [-0.15, -0.1) is 11.3 Å². The maximum Gasteiger partial charge on any atom is 0.188 e. The van der Waals surface area contributed by atoms with Crippen molar-refractivity contribution in [3.05, 3.63) is 15.4 Å². The predicted molar refractivity (Wildman–Crippen MR) is 61.1 cm³/mol. The van der Waals surface area contributed by atoms with Crippen molar-refractivity contribution in [2.75, 3.05) is 7.11 Å². The molecular formula is C10H13BrO2S. The monoisotopic (exact) mass is 276 g/mol. The Morgan fingerprint density at radius 1 is 1.64 bits per heavy atom. The molecule has 0 unspecified atom stereocenters. The topological polar surface area (TPSA) is 29.5 Å². The molecule has 1 aliphatic carbocycles. The molecule has 78 valence electrons. The summed E-state index contributed by atoms with van der Waals surface area (Å²) in [5.41, 5.74) is -0.344. The van der Waals surface area contributed by atoms with Gasteiger partial charge in [0, 0.05) is 4.88 Å². The molecule has 0 atom stereocenters. The molecule has 1 heterocycles. The van der Waals surface area contributed by atoms with Crippen LogP contribution in [0.1, 0.15) is 24.1 Å². The quantitative estimate of drug-likeness (QED) is 0.916. The normalized spacial score (nSPS) is 18.2. The highest BCUT2D eigenvalue weighted by Gasteiger charge is 2.39. The predicted octanol–water partition coefficient (Wildman–Crippen LogP) is 2.98. The van der Waals surface area contributed by atoms with E-state index in [1.165, 1.54) is 4.88 Å². The first-order chi connectivity index (χ1) is 6.63. The van der Waals surface area contributed by atoms with Crippen molar-refractivity contribution in [1.29, 1.82) is 0 Å². The Hall–Kier alpha value is -0.0600. The fourth-order valence-corrected chi connectivity index (χ4v) is 3.10. The van der Waals surface area contributed by atoms with E-state index in [4.69, 9.17) is 4.74 Å². The van der Waals surface area contributed by atoms with Crippen LogP contribution in [-0.4, -0.2) is 17.8 Å². The third-order valence-electron chi connectivity index (χ3n) is 2.56. The van der Waals surface area contributed by atoms with Crippen LogP contribution in [0.2, 0.25) is 0 Å². The zero-order chi connectivity index (χ0) is 10.2. The summed E-state index contributed by atoms with van der Waals surface area (Å²) in [5, 5.41) is 10.6. The number of ether oxygens (including phenoxy) is 1. The molecule has 0 radical (unpaired) electrons. The van der Waals surface area contributed by atoms with Crippen molar-refractivity contribution in [2.24, 2.45) is 0 Å². The number of halogens is 1. The summed E-state index contributed by atoms with van der Waals surface area (Å²) in [6.07, 6.45) is 3.76. The number of hydrogen-bond acceptors (Lipinski definition) is 3. The summed E-state index contributed by atoms with van der Waals surface area (Å²) in [6.45, 7) is 0. The number of rotatable bonds is 4. The van der Waals surface area contributed by atoms with E-state index < -0.39 is 0 Å². The van der Waals surface area contributed by atoms with Crippen LogP contribution in [0.25, 0.3) is 0 Å². The van der Waals surface area contributed by atoms with Crippen LogP contribution < -0.4 is 4.74 Å². The Bertz CT molecular complexity index is 331. The highest BCUT2D eigenvalue weighted by molar-refractivity contribution is 9.10. The number of hydrogen-bond donors (Lipinski definition) is 1. The molecule has 4 heteroatoms. The maximum absolute atomic E-state index is 9.69. The summed E-state index contributed by atoms with van der Waals surface area (Å²) in [4.78, 5) is 1.27. The van der Waals surface area contributed by atoms with E-state index in [0.29, 0.717) is 0 Å². The van der Waals surface area contributed by atoms with E-state index in [9.17, 15) is 5.11 Å². The van der Waals surface area contributed by atoms with Gasteiger partial charge in [0.1, 0.15) is 0 Å². The van der Waals surface area contributed by atoms with Crippen LogP contribution in [0.4, 0.5) is 0 Å². The Labute approximate surface area is 96.0 Å². The fraction of sp³-hybridized carbons (Fsp3) is 0.600. The van der Waals surface area contributed by atoms with E-state index in [1.807, 2.05) is 0 Å². The number of aliphatic hydroxyl groups is 1. The highest BCUT2D eigenvalue weighted by atomic mass is 79.9. The lowest BCUT2D eigenvalue weighted by Crippen LogP contribution is -2.06. The van der Waals surface area contributed by atoms with Crippen molar-refractivity contribution in [1.82, 2.24) is 0 Å². The lowest BCUT2D eigenvalue weighted by atomic mass is 10.1. The first-order valence-electron chi connectivity index (χ1n) is 4.67. The third kappa shape index (κ3) is 2.30. The lowest BCUT2D eigenvalue weighted by molar-refractivity contribution is 0.141. The summed E-state index contributed by atoms with van der Waals surface area (Å²) < 4.78 is 6.20. The van der Waals surface area contributed by atoms with Gasteiger partial charge in [0.05, 0.1) is 17.2 Å². The zero-order valence-corrected chi connectivity index (χ0v) is 10.4. The summed E-state index contributed by atoms with van der Waals surface area (Å²) in [5.74, 6) is 0. The lowest BCUT2D eigenvalue weighted by Gasteiger charge is -2.04. The first-order valence-corrected chi connectivity index (χ1v) is 6.28. The van der Waals surface area contributed by atoms with Gasteiger partial charge in [-0.3, -0.25) is 0 Å². The standard InChI is InChI=1S/C10H13BrO2S/c1-13-9-8(11)6-7(14-9)2-3-10(12)4-5-10/h6,12H,2-5H2,1H3. The second-order valence-electron chi connectivity index (χ2n) is 3.78. The van der Waals surface area contributed by atoms with Gasteiger partial charge in [0.25, 0.3) is 0 Å². The molecule has 2 nitrogen and oxygen atoms in total. The van der Waals surface area contributed by atoms with E-state index in [1.54, 1.807) is 18.4 Å². The number of methoxy groups -OCH3 is 1. The largest absolute Gasteiger partial charge is 0.486 e.